The molecule has 18 nitrogen and oxygen atoms in total. The first kappa shape index (κ1) is 57.5. The van der Waals surface area contributed by atoms with E-state index in [4.69, 9.17) is 61.3 Å². The Morgan fingerprint density at radius 1 is 0.800 bits per heavy atom. The van der Waals surface area contributed by atoms with Gasteiger partial charge < -0.3 is 15.2 Å². The molecule has 30 heteroatoms. The number of alkyl halides is 4. The van der Waals surface area contributed by atoms with Gasteiger partial charge in [-0.1, -0.05) is 75.2 Å². The number of carbonyl (C=O) groups is 2. The topological polar surface area (TPSA) is 276 Å². The van der Waals surface area contributed by atoms with Crippen molar-refractivity contribution in [1.29, 1.82) is 5.41 Å². The summed E-state index contributed by atoms with van der Waals surface area (Å²) < 4.78 is 113. The summed E-state index contributed by atoms with van der Waals surface area (Å²) in [6.45, 7) is 3.35. The number of urea groups is 1. The summed E-state index contributed by atoms with van der Waals surface area (Å²) in [4.78, 5) is 54.1. The number of imide groups is 1. The molecule has 7 rings (SSSR count). The van der Waals surface area contributed by atoms with Crippen molar-refractivity contribution < 1.29 is 53.5 Å². The lowest BCUT2D eigenvalue weighted by Crippen LogP contribution is -2.41. The fourth-order valence-electron chi connectivity index (χ4n) is 6.03. The van der Waals surface area contributed by atoms with Gasteiger partial charge in [-0.3, -0.25) is 25.3 Å². The number of primary amides is 1. The Bertz CT molecular complexity index is 3140. The monoisotopic (exact) mass is 1160 g/mol. The lowest BCUT2D eigenvalue weighted by molar-refractivity contribution is -0.114. The molecule has 2 saturated carbocycles. The van der Waals surface area contributed by atoms with Crippen LogP contribution in [0.2, 0.25) is 20.1 Å². The number of carbonyl (C=O) groups excluding carboxylic acids is 2. The Labute approximate surface area is 425 Å². The van der Waals surface area contributed by atoms with Crippen molar-refractivity contribution in [1.82, 2.24) is 30.0 Å². The molecule has 0 aliphatic heterocycles. The second kappa shape index (κ2) is 23.9. The Kier molecular flexibility index (Phi) is 19.6. The van der Waals surface area contributed by atoms with Gasteiger partial charge in [0, 0.05) is 37.4 Å². The van der Waals surface area contributed by atoms with Crippen LogP contribution in [0.1, 0.15) is 61.8 Å². The van der Waals surface area contributed by atoms with Crippen LogP contribution in [0.25, 0.3) is 5.69 Å². The van der Waals surface area contributed by atoms with E-state index in [1.54, 1.807) is 31.0 Å². The molecule has 3 heterocycles. The normalized spacial score (nSPS) is 13.6. The number of aromatic nitrogens is 5. The number of hydrogen-bond donors (Lipinski definition) is 4. The number of aromatic amines is 1. The first-order valence-electron chi connectivity index (χ1n) is 19.6. The van der Waals surface area contributed by atoms with E-state index in [1.165, 1.54) is 29.8 Å². The number of aryl methyl sites for hydroxylation is 2. The molecular formula is C40H35BBrCl4F4N8O10S2. The molecule has 70 heavy (non-hydrogen) atoms. The van der Waals surface area contributed by atoms with Crippen LogP contribution in [-0.2, 0) is 24.5 Å². The standard InChI is InChI=1S/C20H16Cl2F2N4O5S.C16H14BrCl2NO3S.C4H5F2N3O2.B/c1-9-8-25-15(7-14(9)34(31,32)11-3-2-4-11)33-17-12(21)5-10(6-13(17)22)28-20(30)26-19(29)16(27-28)18(23)24;1-9-8-20-15(7-14(9)24(21,22)11-3-2-4-11)23-16-12(18)5-10(17)6-13(16)19;5-2(6)1(7)3(10)9-4(8)11;/h5-8,11,18H,2-4H2,1H3,(H,26,29,30);5-8,11H,2-4H2,1H3;2,7H,(H3,8,9,10,11);. The number of H-pyrrole nitrogens is 1. The number of nitrogens with one attached hydrogen (secondary N) is 3. The van der Waals surface area contributed by atoms with Crippen LogP contribution in [0.3, 0.4) is 0 Å². The van der Waals surface area contributed by atoms with E-state index in [0.29, 0.717) is 51.5 Å². The van der Waals surface area contributed by atoms with Crippen molar-refractivity contribution in [3.8, 4) is 28.9 Å². The number of nitrogens with two attached hydrogens (primary N) is 1. The number of halogens is 9. The van der Waals surface area contributed by atoms with Gasteiger partial charge in [-0.25, -0.2) is 54.0 Å². The maximum atomic E-state index is 13.0. The van der Waals surface area contributed by atoms with E-state index in [1.807, 2.05) is 0 Å². The van der Waals surface area contributed by atoms with Gasteiger partial charge in [0.15, 0.2) is 42.6 Å². The van der Waals surface area contributed by atoms with Crippen molar-refractivity contribution in [3.05, 3.63) is 111 Å². The number of pyridine rings is 2. The highest BCUT2D eigenvalue weighted by Gasteiger charge is 2.35. The van der Waals surface area contributed by atoms with Gasteiger partial charge in [0.05, 0.1) is 46.1 Å². The maximum absolute atomic E-state index is 13.0. The first-order valence-corrected chi connectivity index (χ1v) is 25.0. The molecule has 0 bridgehead atoms. The van der Waals surface area contributed by atoms with Gasteiger partial charge in [0.2, 0.25) is 11.8 Å². The number of amides is 3. The first-order chi connectivity index (χ1) is 32.2. The molecule has 3 amide bonds. The van der Waals surface area contributed by atoms with Crippen molar-refractivity contribution >= 4 is 108 Å². The van der Waals surface area contributed by atoms with Gasteiger partial charge in [-0.15, -0.1) is 0 Å². The van der Waals surface area contributed by atoms with E-state index in [9.17, 15) is 53.6 Å². The number of ether oxygens (including phenoxy) is 2. The number of sulfone groups is 2. The third-order valence-electron chi connectivity index (χ3n) is 10.0. The predicted octanol–water partition coefficient (Wildman–Crippen LogP) is 8.65. The molecule has 3 aromatic heterocycles. The second-order valence-corrected chi connectivity index (χ2v) is 21.7. The molecule has 5 N–H and O–H groups in total. The van der Waals surface area contributed by atoms with E-state index in [-0.39, 0.29) is 62.4 Å². The third kappa shape index (κ3) is 13.6. The molecule has 3 radical (unpaired) electrons. The Hall–Kier alpha value is -5.12. The lowest BCUT2D eigenvalue weighted by Gasteiger charge is -2.26. The number of benzene rings is 2. The number of nitrogens with zero attached hydrogens (tertiary/aromatic N) is 4. The molecule has 2 aliphatic rings. The lowest BCUT2D eigenvalue weighted by atomic mass is 10.00. The quantitative estimate of drug-likeness (QED) is 0.0518. The van der Waals surface area contributed by atoms with Crippen molar-refractivity contribution in [2.24, 2.45) is 5.73 Å². The van der Waals surface area contributed by atoms with Gasteiger partial charge in [-0.05, 0) is 74.9 Å². The third-order valence-corrected chi connectivity index (χ3v) is 16.4. The summed E-state index contributed by atoms with van der Waals surface area (Å²) in [6.07, 6.45) is 0.790. The minimum atomic E-state index is -3.55. The van der Waals surface area contributed by atoms with Crippen molar-refractivity contribution in [3.63, 3.8) is 0 Å². The van der Waals surface area contributed by atoms with Crippen LogP contribution in [0.15, 0.2) is 72.6 Å². The number of hydrogen-bond acceptors (Lipinski definition) is 14. The van der Waals surface area contributed by atoms with Crippen LogP contribution < -0.4 is 31.8 Å². The summed E-state index contributed by atoms with van der Waals surface area (Å²) in [5, 5.41) is 10.6. The molecule has 2 fully saturated rings. The summed E-state index contributed by atoms with van der Waals surface area (Å²) in [6, 6.07) is 7.06. The van der Waals surface area contributed by atoms with Crippen LogP contribution in [0.5, 0.6) is 23.3 Å². The van der Waals surface area contributed by atoms with Gasteiger partial charge >= 0.3 is 11.7 Å². The summed E-state index contributed by atoms with van der Waals surface area (Å²) >= 11 is 28.1. The summed E-state index contributed by atoms with van der Waals surface area (Å²) in [5.41, 5.74) is 0.332. The molecule has 373 valence electrons. The Balaban J connectivity index is 0.000000257. The largest absolute Gasteiger partial charge is 0.436 e. The minimum Gasteiger partial charge on any atom is -0.436 e. The van der Waals surface area contributed by atoms with Crippen LogP contribution >= 0.6 is 62.3 Å². The fourth-order valence-corrected chi connectivity index (χ4v) is 12.0. The zero-order chi connectivity index (χ0) is 51.3. The highest BCUT2D eigenvalue weighted by Crippen LogP contribution is 2.41. The molecule has 0 saturated heterocycles. The average Bonchev–Trinajstić information content (AvgIpc) is 3.19. The maximum Gasteiger partial charge on any atom is 0.349 e. The smallest absolute Gasteiger partial charge is 0.349 e. The van der Waals surface area contributed by atoms with E-state index in [0.717, 1.165) is 29.4 Å². The molecular weight excluding hydrogens is 1130 g/mol. The summed E-state index contributed by atoms with van der Waals surface area (Å²) in [5.74, 6) is -1.29. The van der Waals surface area contributed by atoms with Gasteiger partial charge in [0.25, 0.3) is 24.3 Å². The van der Waals surface area contributed by atoms with Gasteiger partial charge in [0.1, 0.15) is 0 Å². The minimum absolute atomic E-state index is 0. The summed E-state index contributed by atoms with van der Waals surface area (Å²) in [7, 11) is -6.92. The highest BCUT2D eigenvalue weighted by molar-refractivity contribution is 9.10. The molecule has 2 aliphatic carbocycles. The zero-order valence-electron chi connectivity index (χ0n) is 35.9. The highest BCUT2D eigenvalue weighted by atomic mass is 79.9. The molecule has 0 spiro atoms. The van der Waals surface area contributed by atoms with E-state index in [2.05, 4.69) is 36.7 Å². The van der Waals surface area contributed by atoms with Gasteiger partial charge in [-0.2, -0.15) is 9.78 Å². The molecule has 5 aromatic rings. The Morgan fingerprint density at radius 2 is 1.21 bits per heavy atom. The SMILES string of the molecule is Cc1cnc(Oc2c(Cl)cc(-n3nc(C(F)F)c(=O)[nH]c3=O)cc2Cl)cc1S(=O)(=O)C1CCC1.Cc1cnc(Oc2c(Cl)cc(Br)cc2Cl)cc1S(=O)(=O)C1CCC1.N=C(C(=O)NC(N)=O)C(F)F.[B]. The second-order valence-electron chi connectivity index (χ2n) is 14.8. The molecule has 2 aromatic carbocycles. The van der Waals surface area contributed by atoms with Crippen LogP contribution in [0, 0.1) is 19.3 Å². The van der Waals surface area contributed by atoms with E-state index < -0.39 is 72.4 Å². The molecule has 0 atom stereocenters. The fraction of sp³-hybridized carbons (Fsp3) is 0.300. The zero-order valence-corrected chi connectivity index (χ0v) is 42.2. The number of rotatable bonds is 12. The van der Waals surface area contributed by atoms with Crippen molar-refractivity contribution in [2.45, 2.75) is 85.5 Å². The average molecular weight is 1160 g/mol. The predicted molar refractivity (Wildman–Crippen MR) is 255 cm³/mol. The Morgan fingerprint density at radius 3 is 1.57 bits per heavy atom. The van der Waals surface area contributed by atoms with E-state index >= 15 is 0 Å². The van der Waals surface area contributed by atoms with Crippen LogP contribution in [-0.4, -0.2) is 84.6 Å². The van der Waals surface area contributed by atoms with Crippen molar-refractivity contribution in [2.75, 3.05) is 0 Å². The van der Waals surface area contributed by atoms with Crippen LogP contribution in [0.4, 0.5) is 22.4 Å². The molecule has 0 unspecified atom stereocenters.